The van der Waals surface area contributed by atoms with E-state index in [-0.39, 0.29) is 0 Å². The van der Waals surface area contributed by atoms with E-state index < -0.39 is 0 Å². The van der Waals surface area contributed by atoms with Crippen molar-refractivity contribution in [3.05, 3.63) is 33.2 Å². The van der Waals surface area contributed by atoms with E-state index in [9.17, 15) is 0 Å². The van der Waals surface area contributed by atoms with Crippen LogP contribution >= 0.6 is 31.9 Å². The summed E-state index contributed by atoms with van der Waals surface area (Å²) in [6, 6.07) is 7.94. The van der Waals surface area contributed by atoms with Gasteiger partial charge in [0.2, 0.25) is 0 Å². The second-order valence-corrected chi connectivity index (χ2v) is 3.12. The van der Waals surface area contributed by atoms with Crippen molar-refractivity contribution in [1.82, 2.24) is 0 Å². The first-order valence-corrected chi connectivity index (χ1v) is 4.79. The van der Waals surface area contributed by atoms with E-state index in [1.165, 1.54) is 0 Å². The Balaban J connectivity index is 0.000000371. The number of hydrogen-bond donors (Lipinski definition) is 0. The van der Waals surface area contributed by atoms with Crippen molar-refractivity contribution >= 4 is 31.9 Å². The molecule has 0 unspecified atom stereocenters. The SMILES string of the molecule is Brc1ccccc1Br.CC. The van der Waals surface area contributed by atoms with Gasteiger partial charge < -0.3 is 0 Å². The van der Waals surface area contributed by atoms with E-state index >= 15 is 0 Å². The lowest BCUT2D eigenvalue weighted by atomic mass is 10.4. The third-order valence-electron chi connectivity index (χ3n) is 0.824. The molecule has 0 fully saturated rings. The van der Waals surface area contributed by atoms with Crippen LogP contribution in [0.25, 0.3) is 0 Å². The summed E-state index contributed by atoms with van der Waals surface area (Å²) in [7, 11) is 0. The first-order chi connectivity index (χ1) is 4.80. The highest BCUT2D eigenvalue weighted by Gasteiger charge is 1.88. The second-order valence-electron chi connectivity index (χ2n) is 1.41. The minimum absolute atomic E-state index is 1.10. The minimum Gasteiger partial charge on any atom is -0.0683 e. The van der Waals surface area contributed by atoms with Gasteiger partial charge in [0.05, 0.1) is 0 Å². The molecular weight excluding hydrogens is 256 g/mol. The average molecular weight is 266 g/mol. The van der Waals surface area contributed by atoms with Gasteiger partial charge in [-0.25, -0.2) is 0 Å². The maximum atomic E-state index is 3.35. The van der Waals surface area contributed by atoms with Crippen LogP contribution in [0.4, 0.5) is 0 Å². The molecule has 0 spiro atoms. The van der Waals surface area contributed by atoms with Gasteiger partial charge in [0.15, 0.2) is 0 Å². The molecular formula is C8H10Br2. The molecule has 0 bridgehead atoms. The molecule has 0 N–H and O–H groups in total. The summed E-state index contributed by atoms with van der Waals surface area (Å²) in [6.45, 7) is 4.00. The minimum atomic E-state index is 1.10. The lowest BCUT2D eigenvalue weighted by Crippen LogP contribution is -1.63. The summed E-state index contributed by atoms with van der Waals surface area (Å²) in [5.74, 6) is 0. The molecule has 10 heavy (non-hydrogen) atoms. The van der Waals surface area contributed by atoms with E-state index in [2.05, 4.69) is 31.9 Å². The molecule has 0 nitrogen and oxygen atoms in total. The Morgan fingerprint density at radius 1 is 0.900 bits per heavy atom. The predicted octanol–water partition coefficient (Wildman–Crippen LogP) is 4.24. The number of halogens is 2. The monoisotopic (exact) mass is 264 g/mol. The molecule has 0 heterocycles. The number of benzene rings is 1. The van der Waals surface area contributed by atoms with Crippen LogP contribution in [-0.2, 0) is 0 Å². The van der Waals surface area contributed by atoms with E-state index in [1.54, 1.807) is 0 Å². The third-order valence-corrected chi connectivity index (χ3v) is 2.74. The van der Waals surface area contributed by atoms with Gasteiger partial charge in [-0.05, 0) is 44.0 Å². The zero-order valence-electron chi connectivity index (χ0n) is 6.07. The molecule has 0 amide bonds. The maximum Gasteiger partial charge on any atom is 0.0317 e. The Morgan fingerprint density at radius 2 is 1.20 bits per heavy atom. The van der Waals surface area contributed by atoms with Crippen LogP contribution in [0.3, 0.4) is 0 Å². The normalized spacial score (nSPS) is 8.00. The van der Waals surface area contributed by atoms with Crippen molar-refractivity contribution < 1.29 is 0 Å². The van der Waals surface area contributed by atoms with Crippen LogP contribution in [0.1, 0.15) is 13.8 Å². The molecule has 1 aromatic rings. The van der Waals surface area contributed by atoms with Crippen molar-refractivity contribution in [3.63, 3.8) is 0 Å². The van der Waals surface area contributed by atoms with Crippen molar-refractivity contribution in [2.24, 2.45) is 0 Å². The smallest absolute Gasteiger partial charge is 0.0317 e. The van der Waals surface area contributed by atoms with Gasteiger partial charge in [-0.1, -0.05) is 26.0 Å². The van der Waals surface area contributed by atoms with Crippen LogP contribution < -0.4 is 0 Å². The summed E-state index contributed by atoms with van der Waals surface area (Å²) in [5, 5.41) is 0. The summed E-state index contributed by atoms with van der Waals surface area (Å²) >= 11 is 6.70. The highest BCUT2D eigenvalue weighted by Crippen LogP contribution is 2.20. The van der Waals surface area contributed by atoms with Crippen molar-refractivity contribution in [1.29, 1.82) is 0 Å². The quantitative estimate of drug-likeness (QED) is 0.658. The molecule has 0 aromatic heterocycles. The summed E-state index contributed by atoms with van der Waals surface area (Å²) < 4.78 is 2.19. The second kappa shape index (κ2) is 5.93. The summed E-state index contributed by atoms with van der Waals surface area (Å²) in [4.78, 5) is 0. The molecule has 0 radical (unpaired) electrons. The molecule has 1 rings (SSSR count). The zero-order chi connectivity index (χ0) is 7.98. The Labute approximate surface area is 78.9 Å². The zero-order valence-corrected chi connectivity index (χ0v) is 9.24. The van der Waals surface area contributed by atoms with Crippen molar-refractivity contribution in [2.75, 3.05) is 0 Å². The van der Waals surface area contributed by atoms with Crippen LogP contribution in [0.5, 0.6) is 0 Å². The first kappa shape index (κ1) is 10.2. The Kier molecular flexibility index (Phi) is 6.03. The topological polar surface area (TPSA) is 0 Å². The van der Waals surface area contributed by atoms with Gasteiger partial charge >= 0.3 is 0 Å². The van der Waals surface area contributed by atoms with E-state index in [0.29, 0.717) is 0 Å². The molecule has 0 atom stereocenters. The Morgan fingerprint density at radius 3 is 1.40 bits per heavy atom. The lowest BCUT2D eigenvalue weighted by Gasteiger charge is -1.89. The molecule has 0 saturated carbocycles. The highest BCUT2D eigenvalue weighted by atomic mass is 79.9. The van der Waals surface area contributed by atoms with E-state index in [1.807, 2.05) is 38.1 Å². The Bertz CT molecular complexity index is 163. The van der Waals surface area contributed by atoms with Gasteiger partial charge in [-0.15, -0.1) is 0 Å². The predicted molar refractivity (Wildman–Crippen MR) is 53.2 cm³/mol. The van der Waals surface area contributed by atoms with Gasteiger partial charge in [0, 0.05) is 8.95 Å². The van der Waals surface area contributed by atoms with Crippen molar-refractivity contribution in [2.45, 2.75) is 13.8 Å². The summed E-state index contributed by atoms with van der Waals surface area (Å²) in [6.07, 6.45) is 0. The molecule has 0 aliphatic heterocycles. The molecule has 0 aliphatic carbocycles. The van der Waals surface area contributed by atoms with Crippen LogP contribution in [0.2, 0.25) is 0 Å². The molecule has 0 aliphatic rings. The van der Waals surface area contributed by atoms with Gasteiger partial charge in [0.1, 0.15) is 0 Å². The average Bonchev–Trinajstić information content (AvgIpc) is 2.00. The fourth-order valence-electron chi connectivity index (χ4n) is 0.439. The largest absolute Gasteiger partial charge is 0.0683 e. The fourth-order valence-corrected chi connectivity index (χ4v) is 1.01. The highest BCUT2D eigenvalue weighted by molar-refractivity contribution is 9.13. The third kappa shape index (κ3) is 3.37. The maximum absolute atomic E-state index is 3.35. The fraction of sp³-hybridized carbons (Fsp3) is 0.250. The van der Waals surface area contributed by atoms with Crippen LogP contribution in [0.15, 0.2) is 33.2 Å². The molecule has 1 aromatic carbocycles. The number of hydrogen-bond acceptors (Lipinski definition) is 0. The van der Waals surface area contributed by atoms with E-state index in [4.69, 9.17) is 0 Å². The molecule has 56 valence electrons. The van der Waals surface area contributed by atoms with E-state index in [0.717, 1.165) is 8.95 Å². The first-order valence-electron chi connectivity index (χ1n) is 3.21. The number of rotatable bonds is 0. The lowest BCUT2D eigenvalue weighted by molar-refractivity contribution is 1.50. The molecule has 0 saturated heterocycles. The van der Waals surface area contributed by atoms with Gasteiger partial charge in [-0.3, -0.25) is 0 Å². The van der Waals surface area contributed by atoms with Crippen LogP contribution in [-0.4, -0.2) is 0 Å². The Hall–Kier alpha value is 0.180. The van der Waals surface area contributed by atoms with Gasteiger partial charge in [0.25, 0.3) is 0 Å². The standard InChI is InChI=1S/C6H4Br2.C2H6/c7-5-3-1-2-4-6(5)8;1-2/h1-4H;1-2H3. The van der Waals surface area contributed by atoms with Gasteiger partial charge in [-0.2, -0.15) is 0 Å². The van der Waals surface area contributed by atoms with Crippen molar-refractivity contribution in [3.8, 4) is 0 Å². The summed E-state index contributed by atoms with van der Waals surface area (Å²) in [5.41, 5.74) is 0. The molecule has 2 heteroatoms. The van der Waals surface area contributed by atoms with Crippen LogP contribution in [0, 0.1) is 0 Å².